The molecule has 2 aliphatic heterocycles. The fourth-order valence-electron chi connectivity index (χ4n) is 4.62. The first-order valence-corrected chi connectivity index (χ1v) is 13.5. The number of hydrazone groups is 1. The number of carbonyl (C=O) groups is 1. The molecular weight excluding hydrogens is 504 g/mol. The predicted octanol–water partition coefficient (Wildman–Crippen LogP) is 5.36. The third-order valence-electron chi connectivity index (χ3n) is 6.59. The Labute approximate surface area is 226 Å². The van der Waals surface area contributed by atoms with E-state index in [1.807, 2.05) is 24.3 Å². The van der Waals surface area contributed by atoms with Crippen molar-refractivity contribution in [3.63, 3.8) is 0 Å². The summed E-state index contributed by atoms with van der Waals surface area (Å²) in [7, 11) is 3.15. The second-order valence-electron chi connectivity index (χ2n) is 9.05. The zero-order valence-electron chi connectivity index (χ0n) is 21.4. The van der Waals surface area contributed by atoms with Crippen molar-refractivity contribution in [1.29, 1.82) is 5.41 Å². The van der Waals surface area contributed by atoms with Gasteiger partial charge in [0, 0.05) is 5.92 Å². The summed E-state index contributed by atoms with van der Waals surface area (Å²) in [5.41, 5.74) is 0.874. The zero-order chi connectivity index (χ0) is 26.5. The Bertz CT molecular complexity index is 1320. The molecule has 5 rings (SSSR count). The molecule has 1 amide bonds. The standard InChI is InChI=1S/C28H30N4O5S/c1-34-21-10-6-7-11-22(21)36-14-15-37-23-13-12-18(17-24(23)35-2)16-20-25(29)32-28(30-26(20)33)38-27(31-32)19-8-4-3-5-9-19/h6-7,10-13,16-17,19,29H,3-5,8-9,14-15H2,1-2H3/b20-16+,29-25?. The minimum atomic E-state index is -0.443. The first kappa shape index (κ1) is 25.8. The molecule has 0 saturated heterocycles. The number of fused-ring (bicyclic) bond motifs is 1. The summed E-state index contributed by atoms with van der Waals surface area (Å²) in [4.78, 5) is 17.1. The number of para-hydroxylation sites is 2. The maximum Gasteiger partial charge on any atom is 0.283 e. The van der Waals surface area contributed by atoms with Crippen LogP contribution in [0.2, 0.25) is 0 Å². The van der Waals surface area contributed by atoms with E-state index in [0.717, 1.165) is 17.9 Å². The molecule has 0 unspecified atom stereocenters. The summed E-state index contributed by atoms with van der Waals surface area (Å²) in [6.07, 6.45) is 7.46. The number of methoxy groups -OCH3 is 2. The van der Waals surface area contributed by atoms with Gasteiger partial charge in [0.2, 0.25) is 5.17 Å². The van der Waals surface area contributed by atoms with Crippen LogP contribution in [0.3, 0.4) is 0 Å². The van der Waals surface area contributed by atoms with E-state index in [0.29, 0.717) is 52.9 Å². The van der Waals surface area contributed by atoms with Gasteiger partial charge in [0.1, 0.15) is 18.3 Å². The van der Waals surface area contributed by atoms with E-state index in [4.69, 9.17) is 24.4 Å². The minimum absolute atomic E-state index is 0.0334. The van der Waals surface area contributed by atoms with Gasteiger partial charge in [-0.3, -0.25) is 10.2 Å². The lowest BCUT2D eigenvalue weighted by Gasteiger charge is -2.20. The van der Waals surface area contributed by atoms with Gasteiger partial charge in [-0.05, 0) is 60.5 Å². The molecule has 2 heterocycles. The Hall–Kier alpha value is -3.79. The van der Waals surface area contributed by atoms with Gasteiger partial charge in [0.25, 0.3) is 5.91 Å². The average Bonchev–Trinajstić information content (AvgIpc) is 3.38. The number of aliphatic imine (C=N–C) groups is 1. The van der Waals surface area contributed by atoms with Gasteiger partial charge in [-0.15, -0.1) is 0 Å². The summed E-state index contributed by atoms with van der Waals surface area (Å²) in [6.45, 7) is 0.613. The monoisotopic (exact) mass is 534 g/mol. The number of hydrogen-bond donors (Lipinski definition) is 1. The number of rotatable bonds is 9. The number of carbonyl (C=O) groups excluding carboxylic acids is 1. The van der Waals surface area contributed by atoms with Crippen LogP contribution in [-0.2, 0) is 4.79 Å². The Morgan fingerprint density at radius 3 is 2.37 bits per heavy atom. The quantitative estimate of drug-likeness (QED) is 0.341. The highest BCUT2D eigenvalue weighted by atomic mass is 32.2. The van der Waals surface area contributed by atoms with Crippen LogP contribution >= 0.6 is 11.8 Å². The first-order valence-electron chi connectivity index (χ1n) is 12.6. The molecule has 0 atom stereocenters. The highest BCUT2D eigenvalue weighted by molar-refractivity contribution is 8.27. The summed E-state index contributed by atoms with van der Waals surface area (Å²) in [6, 6.07) is 12.8. The van der Waals surface area contributed by atoms with Gasteiger partial charge >= 0.3 is 0 Å². The molecule has 10 heteroatoms. The Balaban J connectivity index is 1.25. The van der Waals surface area contributed by atoms with Crippen LogP contribution in [0.5, 0.6) is 23.0 Å². The third-order valence-corrected chi connectivity index (χ3v) is 7.66. The maximum atomic E-state index is 12.8. The largest absolute Gasteiger partial charge is 0.493 e. The first-order chi connectivity index (χ1) is 18.6. The average molecular weight is 535 g/mol. The molecule has 0 spiro atoms. The smallest absolute Gasteiger partial charge is 0.283 e. The maximum absolute atomic E-state index is 12.8. The van der Waals surface area contributed by atoms with E-state index in [1.54, 1.807) is 38.5 Å². The molecule has 2 aromatic carbocycles. The van der Waals surface area contributed by atoms with Crippen LogP contribution in [-0.4, -0.2) is 54.4 Å². The van der Waals surface area contributed by atoms with Crippen molar-refractivity contribution in [2.75, 3.05) is 27.4 Å². The minimum Gasteiger partial charge on any atom is -0.493 e. The van der Waals surface area contributed by atoms with Gasteiger partial charge in [-0.2, -0.15) is 15.1 Å². The second kappa shape index (κ2) is 11.7. The van der Waals surface area contributed by atoms with Crippen molar-refractivity contribution < 1.29 is 23.7 Å². The van der Waals surface area contributed by atoms with Crippen molar-refractivity contribution in [2.45, 2.75) is 32.1 Å². The van der Waals surface area contributed by atoms with Gasteiger partial charge in [0.15, 0.2) is 28.8 Å². The van der Waals surface area contributed by atoms with Crippen LogP contribution in [0, 0.1) is 11.3 Å². The second-order valence-corrected chi connectivity index (χ2v) is 10.0. The molecule has 1 saturated carbocycles. The molecule has 9 nitrogen and oxygen atoms in total. The molecule has 0 radical (unpaired) electrons. The Kier molecular flexibility index (Phi) is 7.97. The van der Waals surface area contributed by atoms with Crippen molar-refractivity contribution in [1.82, 2.24) is 5.01 Å². The highest BCUT2D eigenvalue weighted by Gasteiger charge is 2.38. The van der Waals surface area contributed by atoms with Crippen molar-refractivity contribution >= 4 is 39.8 Å². The van der Waals surface area contributed by atoms with E-state index in [9.17, 15) is 4.79 Å². The molecule has 1 fully saturated rings. The summed E-state index contributed by atoms with van der Waals surface area (Å²) in [5, 5.41) is 16.2. The van der Waals surface area contributed by atoms with E-state index < -0.39 is 5.91 Å². The molecule has 2 aromatic rings. The number of thioether (sulfide) groups is 1. The molecule has 38 heavy (non-hydrogen) atoms. The molecule has 3 aliphatic rings. The summed E-state index contributed by atoms with van der Waals surface area (Å²) >= 11 is 1.42. The number of benzene rings is 2. The lowest BCUT2D eigenvalue weighted by atomic mass is 9.90. The van der Waals surface area contributed by atoms with Crippen LogP contribution in [0.25, 0.3) is 6.08 Å². The molecule has 0 bridgehead atoms. The number of hydrogen-bond acceptors (Lipinski definition) is 8. The van der Waals surface area contributed by atoms with E-state index >= 15 is 0 Å². The van der Waals surface area contributed by atoms with E-state index in [-0.39, 0.29) is 11.4 Å². The molecular formula is C28H30N4O5S. The molecule has 1 N–H and O–H groups in total. The molecule has 0 aromatic heterocycles. The van der Waals surface area contributed by atoms with Gasteiger partial charge in [0.05, 0.1) is 19.8 Å². The number of amidine groups is 2. The van der Waals surface area contributed by atoms with Crippen LogP contribution < -0.4 is 18.9 Å². The number of nitrogens with zero attached hydrogens (tertiary/aromatic N) is 3. The third kappa shape index (κ3) is 5.55. The SMILES string of the molecule is COc1ccccc1OCCOc1ccc(/C=C2\C(=N)N3N=C(C4CCCCC4)SC3=NC2=O)cc1OC. The topological polar surface area (TPSA) is 106 Å². The lowest BCUT2D eigenvalue weighted by Crippen LogP contribution is -2.35. The van der Waals surface area contributed by atoms with Crippen LogP contribution in [0.15, 0.2) is 58.1 Å². The van der Waals surface area contributed by atoms with Crippen molar-refractivity contribution in [2.24, 2.45) is 16.0 Å². The van der Waals surface area contributed by atoms with E-state index in [1.165, 1.54) is 36.0 Å². The van der Waals surface area contributed by atoms with Gasteiger partial charge in [-0.25, -0.2) is 0 Å². The zero-order valence-corrected chi connectivity index (χ0v) is 22.3. The molecule has 1 aliphatic carbocycles. The fourth-order valence-corrected chi connectivity index (χ4v) is 5.68. The number of ether oxygens (including phenoxy) is 4. The van der Waals surface area contributed by atoms with Crippen molar-refractivity contribution in [3.05, 3.63) is 53.6 Å². The Morgan fingerprint density at radius 2 is 1.66 bits per heavy atom. The van der Waals surface area contributed by atoms with Crippen molar-refractivity contribution in [3.8, 4) is 23.0 Å². The number of nitrogens with one attached hydrogen (secondary N) is 1. The Morgan fingerprint density at radius 1 is 0.974 bits per heavy atom. The van der Waals surface area contributed by atoms with Crippen LogP contribution in [0.1, 0.15) is 37.7 Å². The van der Waals surface area contributed by atoms with E-state index in [2.05, 4.69) is 10.1 Å². The predicted molar refractivity (Wildman–Crippen MR) is 149 cm³/mol. The summed E-state index contributed by atoms with van der Waals surface area (Å²) < 4.78 is 22.4. The molecule has 198 valence electrons. The number of amides is 1. The summed E-state index contributed by atoms with van der Waals surface area (Å²) in [5.74, 6) is 2.32. The highest BCUT2D eigenvalue weighted by Crippen LogP contribution is 2.37. The van der Waals surface area contributed by atoms with Gasteiger partial charge < -0.3 is 18.9 Å². The lowest BCUT2D eigenvalue weighted by molar-refractivity contribution is -0.114. The van der Waals surface area contributed by atoms with Gasteiger partial charge in [-0.1, -0.05) is 37.5 Å². The normalized spacial score (nSPS) is 18.7. The van der Waals surface area contributed by atoms with Crippen LogP contribution in [0.4, 0.5) is 0 Å². The fraction of sp³-hybridized carbons (Fsp3) is 0.357.